The zero-order chi connectivity index (χ0) is 10.4. The Kier molecular flexibility index (Phi) is 4.86. The van der Waals surface area contributed by atoms with E-state index < -0.39 is 0 Å². The average Bonchev–Trinajstić information content (AvgIpc) is 2.19. The molecule has 1 aliphatic rings. The number of nitrogens with zero attached hydrogens (tertiary/aromatic N) is 1. The summed E-state index contributed by atoms with van der Waals surface area (Å²) < 4.78 is 5.21. The molecule has 1 amide bonds. The van der Waals surface area contributed by atoms with E-state index in [1.54, 1.807) is 0 Å². The van der Waals surface area contributed by atoms with Crippen LogP contribution in [0.1, 0.15) is 12.8 Å². The van der Waals surface area contributed by atoms with Crippen LogP contribution in [0.5, 0.6) is 0 Å². The van der Waals surface area contributed by atoms with Crippen molar-refractivity contribution in [2.75, 3.05) is 32.8 Å². The summed E-state index contributed by atoms with van der Waals surface area (Å²) in [5.74, 6) is -0.294. The molecule has 1 heterocycles. The Morgan fingerprint density at radius 3 is 2.93 bits per heavy atom. The van der Waals surface area contributed by atoms with E-state index >= 15 is 0 Å². The van der Waals surface area contributed by atoms with Gasteiger partial charge in [-0.2, -0.15) is 0 Å². The number of rotatable bonds is 5. The second-order valence-electron chi connectivity index (χ2n) is 3.52. The van der Waals surface area contributed by atoms with Crippen LogP contribution in [0.25, 0.3) is 0 Å². The molecular weight excluding hydrogens is 182 g/mol. The fraction of sp³-hybridized carbons (Fsp3) is 0.889. The van der Waals surface area contributed by atoms with Crippen LogP contribution in [0.2, 0.25) is 0 Å². The number of carbonyl (C=O) groups is 1. The van der Waals surface area contributed by atoms with E-state index in [0.717, 1.165) is 25.9 Å². The number of hydrogen-bond acceptors (Lipinski definition) is 4. The Morgan fingerprint density at radius 2 is 2.29 bits per heavy atom. The highest BCUT2D eigenvalue weighted by Gasteiger charge is 2.26. The minimum atomic E-state index is -0.294. The molecule has 14 heavy (non-hydrogen) atoms. The minimum Gasteiger partial charge on any atom is -0.378 e. The summed E-state index contributed by atoms with van der Waals surface area (Å²) in [7, 11) is 0. The standard InChI is InChI=1S/C9H19N3O2/c10-3-1-2-4-12-5-6-14-7-8(12)9(11)13/h8H,1-7,10H2,(H2,11,13). The molecule has 0 aromatic carbocycles. The number of amides is 1. The maximum Gasteiger partial charge on any atom is 0.237 e. The van der Waals surface area contributed by atoms with Crippen molar-refractivity contribution >= 4 is 5.91 Å². The molecule has 82 valence electrons. The van der Waals surface area contributed by atoms with Crippen LogP contribution in [-0.2, 0) is 9.53 Å². The highest BCUT2D eigenvalue weighted by molar-refractivity contribution is 5.80. The topological polar surface area (TPSA) is 81.6 Å². The number of unbranched alkanes of at least 4 members (excludes halogenated alkanes) is 1. The van der Waals surface area contributed by atoms with Gasteiger partial charge in [-0.05, 0) is 25.9 Å². The van der Waals surface area contributed by atoms with Gasteiger partial charge in [-0.1, -0.05) is 0 Å². The summed E-state index contributed by atoms with van der Waals surface area (Å²) in [6, 6.07) is -0.249. The maximum absolute atomic E-state index is 11.1. The molecule has 0 saturated carbocycles. The summed E-state index contributed by atoms with van der Waals surface area (Å²) in [6.07, 6.45) is 2.00. The lowest BCUT2D eigenvalue weighted by Crippen LogP contribution is -2.52. The van der Waals surface area contributed by atoms with E-state index in [-0.39, 0.29) is 11.9 Å². The van der Waals surface area contributed by atoms with Crippen LogP contribution in [0.3, 0.4) is 0 Å². The van der Waals surface area contributed by atoms with Gasteiger partial charge in [0, 0.05) is 6.54 Å². The molecule has 0 aromatic rings. The van der Waals surface area contributed by atoms with Gasteiger partial charge in [-0.25, -0.2) is 0 Å². The first kappa shape index (κ1) is 11.4. The van der Waals surface area contributed by atoms with E-state index in [1.165, 1.54) is 0 Å². The summed E-state index contributed by atoms with van der Waals surface area (Å²) in [4.78, 5) is 13.2. The Hall–Kier alpha value is -0.650. The van der Waals surface area contributed by atoms with Gasteiger partial charge in [-0.3, -0.25) is 9.69 Å². The molecule has 0 aliphatic carbocycles. The minimum absolute atomic E-state index is 0.249. The summed E-state index contributed by atoms with van der Waals surface area (Å²) in [6.45, 7) is 3.49. The fourth-order valence-corrected chi connectivity index (χ4v) is 1.63. The lowest BCUT2D eigenvalue weighted by molar-refractivity contribution is -0.129. The molecule has 1 saturated heterocycles. The number of morpholine rings is 1. The van der Waals surface area contributed by atoms with Crippen LogP contribution in [0.4, 0.5) is 0 Å². The van der Waals surface area contributed by atoms with Crippen LogP contribution < -0.4 is 11.5 Å². The van der Waals surface area contributed by atoms with Crippen molar-refractivity contribution in [1.82, 2.24) is 4.90 Å². The lowest BCUT2D eigenvalue weighted by Gasteiger charge is -2.33. The Labute approximate surface area is 84.4 Å². The fourth-order valence-electron chi connectivity index (χ4n) is 1.63. The summed E-state index contributed by atoms with van der Waals surface area (Å²) >= 11 is 0. The average molecular weight is 201 g/mol. The van der Waals surface area contributed by atoms with E-state index in [0.29, 0.717) is 19.8 Å². The second-order valence-corrected chi connectivity index (χ2v) is 3.52. The first-order valence-electron chi connectivity index (χ1n) is 5.07. The zero-order valence-electron chi connectivity index (χ0n) is 8.45. The normalized spacial score (nSPS) is 23.6. The predicted octanol–water partition coefficient (Wildman–Crippen LogP) is -1.09. The molecule has 0 aromatic heterocycles. The van der Waals surface area contributed by atoms with Gasteiger partial charge in [0.1, 0.15) is 6.04 Å². The molecule has 0 radical (unpaired) electrons. The van der Waals surface area contributed by atoms with E-state index in [9.17, 15) is 4.79 Å². The van der Waals surface area contributed by atoms with Gasteiger partial charge < -0.3 is 16.2 Å². The first-order chi connectivity index (χ1) is 6.75. The molecular formula is C9H19N3O2. The predicted molar refractivity (Wildman–Crippen MR) is 53.7 cm³/mol. The van der Waals surface area contributed by atoms with Gasteiger partial charge in [0.25, 0.3) is 0 Å². The number of ether oxygens (including phenoxy) is 1. The van der Waals surface area contributed by atoms with Gasteiger partial charge in [0.2, 0.25) is 5.91 Å². The maximum atomic E-state index is 11.1. The Morgan fingerprint density at radius 1 is 1.50 bits per heavy atom. The number of nitrogens with two attached hydrogens (primary N) is 2. The van der Waals surface area contributed by atoms with Crippen LogP contribution in [0.15, 0.2) is 0 Å². The Balaban J connectivity index is 2.34. The van der Waals surface area contributed by atoms with Crippen molar-refractivity contribution < 1.29 is 9.53 Å². The quantitative estimate of drug-likeness (QED) is 0.554. The van der Waals surface area contributed by atoms with Crippen molar-refractivity contribution in [3.63, 3.8) is 0 Å². The van der Waals surface area contributed by atoms with E-state index in [4.69, 9.17) is 16.2 Å². The van der Waals surface area contributed by atoms with Gasteiger partial charge in [0.15, 0.2) is 0 Å². The molecule has 4 N–H and O–H groups in total. The highest BCUT2D eigenvalue weighted by atomic mass is 16.5. The monoisotopic (exact) mass is 201 g/mol. The van der Waals surface area contributed by atoms with Crippen molar-refractivity contribution in [2.24, 2.45) is 11.5 Å². The molecule has 0 spiro atoms. The molecule has 5 heteroatoms. The third-order valence-corrected chi connectivity index (χ3v) is 2.47. The molecule has 0 bridgehead atoms. The van der Waals surface area contributed by atoms with Crippen LogP contribution in [-0.4, -0.2) is 49.7 Å². The largest absolute Gasteiger partial charge is 0.378 e. The van der Waals surface area contributed by atoms with Crippen molar-refractivity contribution in [1.29, 1.82) is 0 Å². The summed E-state index contributed by atoms with van der Waals surface area (Å²) in [5, 5.41) is 0. The number of hydrogen-bond donors (Lipinski definition) is 2. The SMILES string of the molecule is NCCCCN1CCOCC1C(N)=O. The molecule has 1 rings (SSSR count). The van der Waals surface area contributed by atoms with Crippen molar-refractivity contribution in [2.45, 2.75) is 18.9 Å². The van der Waals surface area contributed by atoms with E-state index in [2.05, 4.69) is 4.90 Å². The lowest BCUT2D eigenvalue weighted by atomic mass is 10.2. The first-order valence-corrected chi connectivity index (χ1v) is 5.07. The number of carbonyl (C=O) groups excluding carboxylic acids is 1. The zero-order valence-corrected chi connectivity index (χ0v) is 8.45. The molecule has 1 fully saturated rings. The van der Waals surface area contributed by atoms with Crippen molar-refractivity contribution in [3.05, 3.63) is 0 Å². The Bertz CT molecular complexity index is 187. The summed E-state index contributed by atoms with van der Waals surface area (Å²) in [5.41, 5.74) is 10.7. The van der Waals surface area contributed by atoms with E-state index in [1.807, 2.05) is 0 Å². The van der Waals surface area contributed by atoms with Gasteiger partial charge in [0.05, 0.1) is 13.2 Å². The molecule has 1 aliphatic heterocycles. The third-order valence-electron chi connectivity index (χ3n) is 2.47. The second kappa shape index (κ2) is 5.95. The van der Waals surface area contributed by atoms with Gasteiger partial charge >= 0.3 is 0 Å². The van der Waals surface area contributed by atoms with Crippen LogP contribution in [0, 0.1) is 0 Å². The molecule has 1 unspecified atom stereocenters. The van der Waals surface area contributed by atoms with Crippen molar-refractivity contribution in [3.8, 4) is 0 Å². The smallest absolute Gasteiger partial charge is 0.237 e. The van der Waals surface area contributed by atoms with Crippen LogP contribution >= 0.6 is 0 Å². The highest BCUT2D eigenvalue weighted by Crippen LogP contribution is 2.07. The molecule has 1 atom stereocenters. The van der Waals surface area contributed by atoms with Gasteiger partial charge in [-0.15, -0.1) is 0 Å². The number of primary amides is 1. The molecule has 5 nitrogen and oxygen atoms in total. The third kappa shape index (κ3) is 3.25.